The van der Waals surface area contributed by atoms with E-state index in [1.807, 2.05) is 71.6 Å². The fraction of sp³-hybridized carbons (Fsp3) is 0.344. The van der Waals surface area contributed by atoms with Crippen molar-refractivity contribution in [1.29, 1.82) is 0 Å². The largest absolute Gasteiger partial charge is 0.490 e. The van der Waals surface area contributed by atoms with Gasteiger partial charge < -0.3 is 15.0 Å². The maximum absolute atomic E-state index is 13.4. The van der Waals surface area contributed by atoms with Crippen molar-refractivity contribution in [3.8, 4) is 17.0 Å². The standard InChI is InChI=1S/C32H33ClN4O3/c1-19(2)30(26-5-3-4-6-28(26)33)34-32(39)21-9-14-29-27(15-21)31(36-35-29)20-7-12-24(13-8-20)40-25-16-22-10-11-23(17-25)37(22)18-38/h3-9,12-15,18-19,22-23,25,30H,10-11,16-17H2,1-2H3,(H,34,39)(H,35,36)/t22-,23+,25+,30-/m0/s1. The van der Waals surface area contributed by atoms with Gasteiger partial charge in [0, 0.05) is 46.5 Å². The van der Waals surface area contributed by atoms with E-state index in [0.29, 0.717) is 22.7 Å². The van der Waals surface area contributed by atoms with Gasteiger partial charge in [0.1, 0.15) is 11.9 Å². The SMILES string of the molecule is CC(C)[C@H](NC(=O)c1ccc2[nH]nc(-c3ccc(O[C@H]4C[C@H]5CC[C@@H](C4)N5C=O)cc3)c2c1)c1ccccc1Cl. The molecule has 2 fully saturated rings. The number of H-pyrrole nitrogens is 1. The van der Waals surface area contributed by atoms with Crippen molar-refractivity contribution >= 4 is 34.8 Å². The highest BCUT2D eigenvalue weighted by Gasteiger charge is 2.40. The Morgan fingerprint density at radius 1 is 1.07 bits per heavy atom. The molecule has 2 amide bonds. The van der Waals surface area contributed by atoms with Crippen molar-refractivity contribution < 1.29 is 14.3 Å². The molecule has 6 rings (SSSR count). The van der Waals surface area contributed by atoms with Crippen LogP contribution in [-0.4, -0.2) is 45.6 Å². The number of amides is 2. The highest BCUT2D eigenvalue weighted by Crippen LogP contribution is 2.37. The number of fused-ring (bicyclic) bond motifs is 3. The zero-order valence-electron chi connectivity index (χ0n) is 22.6. The number of piperidine rings is 1. The number of rotatable bonds is 8. The molecule has 7 nitrogen and oxygen atoms in total. The summed E-state index contributed by atoms with van der Waals surface area (Å²) in [4.78, 5) is 26.7. The summed E-state index contributed by atoms with van der Waals surface area (Å²) in [5, 5.41) is 12.3. The number of aromatic nitrogens is 2. The predicted molar refractivity (Wildman–Crippen MR) is 156 cm³/mol. The molecule has 1 aromatic heterocycles. The summed E-state index contributed by atoms with van der Waals surface area (Å²) in [6.07, 6.45) is 4.99. The van der Waals surface area contributed by atoms with Crippen molar-refractivity contribution in [1.82, 2.24) is 20.4 Å². The molecule has 2 saturated heterocycles. The quantitative estimate of drug-likeness (QED) is 0.241. The number of halogens is 1. The van der Waals surface area contributed by atoms with Gasteiger partial charge in [-0.3, -0.25) is 14.7 Å². The van der Waals surface area contributed by atoms with E-state index >= 15 is 0 Å². The van der Waals surface area contributed by atoms with Crippen LogP contribution in [-0.2, 0) is 4.79 Å². The fourth-order valence-corrected chi connectivity index (χ4v) is 6.50. The lowest BCUT2D eigenvalue weighted by Gasteiger charge is -2.36. The van der Waals surface area contributed by atoms with Gasteiger partial charge in [-0.1, -0.05) is 43.6 Å². The normalized spacial score (nSPS) is 21.0. The van der Waals surface area contributed by atoms with Gasteiger partial charge in [0.05, 0.1) is 17.3 Å². The molecule has 3 heterocycles. The number of carbonyl (C=O) groups is 2. The van der Waals surface area contributed by atoms with E-state index in [9.17, 15) is 9.59 Å². The number of ether oxygens (including phenoxy) is 1. The number of carbonyl (C=O) groups excluding carboxylic acids is 2. The summed E-state index contributed by atoms with van der Waals surface area (Å²) in [7, 11) is 0. The molecule has 40 heavy (non-hydrogen) atoms. The molecule has 0 radical (unpaired) electrons. The first-order valence-electron chi connectivity index (χ1n) is 13.9. The van der Waals surface area contributed by atoms with Crippen LogP contribution in [0.1, 0.15) is 61.5 Å². The van der Waals surface area contributed by atoms with Crippen molar-refractivity contribution in [3.05, 3.63) is 82.9 Å². The molecule has 0 spiro atoms. The molecule has 2 aliphatic rings. The molecular formula is C32H33ClN4O3. The van der Waals surface area contributed by atoms with Gasteiger partial charge in [-0.2, -0.15) is 5.10 Å². The molecule has 2 aliphatic heterocycles. The zero-order valence-corrected chi connectivity index (χ0v) is 23.4. The summed E-state index contributed by atoms with van der Waals surface area (Å²) in [6.45, 7) is 4.13. The van der Waals surface area contributed by atoms with Gasteiger partial charge in [-0.15, -0.1) is 0 Å². The second-order valence-electron chi connectivity index (χ2n) is 11.2. The lowest BCUT2D eigenvalue weighted by Crippen LogP contribution is -2.45. The molecule has 8 heteroatoms. The highest BCUT2D eigenvalue weighted by atomic mass is 35.5. The molecule has 2 bridgehead atoms. The Morgan fingerprint density at radius 3 is 2.48 bits per heavy atom. The van der Waals surface area contributed by atoms with Gasteiger partial charge in [0.15, 0.2) is 0 Å². The van der Waals surface area contributed by atoms with E-state index in [2.05, 4.69) is 29.4 Å². The van der Waals surface area contributed by atoms with E-state index < -0.39 is 0 Å². The lowest BCUT2D eigenvalue weighted by atomic mass is 9.95. The van der Waals surface area contributed by atoms with Crippen LogP contribution in [0, 0.1) is 5.92 Å². The van der Waals surface area contributed by atoms with Crippen LogP contribution in [0.3, 0.4) is 0 Å². The van der Waals surface area contributed by atoms with Crippen LogP contribution >= 0.6 is 11.6 Å². The van der Waals surface area contributed by atoms with Gasteiger partial charge in [-0.05, 0) is 72.9 Å². The number of nitrogens with one attached hydrogen (secondary N) is 2. The second kappa shape index (κ2) is 11.0. The Balaban J connectivity index is 1.19. The van der Waals surface area contributed by atoms with Gasteiger partial charge in [-0.25, -0.2) is 0 Å². The molecule has 4 aromatic rings. The maximum Gasteiger partial charge on any atom is 0.251 e. The molecule has 206 valence electrons. The van der Waals surface area contributed by atoms with Crippen LogP contribution in [0.2, 0.25) is 5.02 Å². The Bertz CT molecular complexity index is 1520. The molecule has 2 N–H and O–H groups in total. The predicted octanol–water partition coefficient (Wildman–Crippen LogP) is 6.54. The van der Waals surface area contributed by atoms with Gasteiger partial charge in [0.25, 0.3) is 5.91 Å². The minimum absolute atomic E-state index is 0.118. The maximum atomic E-state index is 13.4. The lowest BCUT2D eigenvalue weighted by molar-refractivity contribution is -0.123. The average Bonchev–Trinajstić information content (AvgIpc) is 3.49. The van der Waals surface area contributed by atoms with E-state index in [4.69, 9.17) is 16.3 Å². The van der Waals surface area contributed by atoms with Crippen molar-refractivity contribution in [2.45, 2.75) is 63.8 Å². The number of benzene rings is 3. The Kier molecular flexibility index (Phi) is 7.24. The minimum atomic E-state index is -0.214. The topological polar surface area (TPSA) is 87.3 Å². The molecule has 4 atom stereocenters. The summed E-state index contributed by atoms with van der Waals surface area (Å²) in [5.74, 6) is 0.809. The third kappa shape index (κ3) is 5.06. The van der Waals surface area contributed by atoms with Crippen LogP contribution in [0.15, 0.2) is 66.7 Å². The third-order valence-corrected chi connectivity index (χ3v) is 8.66. The summed E-state index contributed by atoms with van der Waals surface area (Å²) in [5.41, 5.74) is 4.03. The number of hydrogen-bond acceptors (Lipinski definition) is 4. The van der Waals surface area contributed by atoms with Gasteiger partial charge in [0.2, 0.25) is 6.41 Å². The molecule has 0 unspecified atom stereocenters. The van der Waals surface area contributed by atoms with E-state index in [1.54, 1.807) is 0 Å². The summed E-state index contributed by atoms with van der Waals surface area (Å²) >= 11 is 6.45. The zero-order chi connectivity index (χ0) is 27.8. The summed E-state index contributed by atoms with van der Waals surface area (Å²) in [6, 6.07) is 21.5. The first-order valence-corrected chi connectivity index (χ1v) is 14.3. The number of nitrogens with zero attached hydrogens (tertiary/aromatic N) is 2. The first kappa shape index (κ1) is 26.4. The minimum Gasteiger partial charge on any atom is -0.490 e. The number of aromatic amines is 1. The molecule has 0 saturated carbocycles. The van der Waals surface area contributed by atoms with Crippen molar-refractivity contribution in [3.63, 3.8) is 0 Å². The van der Waals surface area contributed by atoms with E-state index in [-0.39, 0.29) is 24.0 Å². The Labute approximate surface area is 238 Å². The van der Waals surface area contributed by atoms with Crippen LogP contribution in [0.4, 0.5) is 0 Å². The fourth-order valence-electron chi connectivity index (χ4n) is 6.25. The third-order valence-electron chi connectivity index (χ3n) is 8.32. The van der Waals surface area contributed by atoms with Crippen LogP contribution < -0.4 is 10.1 Å². The first-order chi connectivity index (χ1) is 19.4. The smallest absolute Gasteiger partial charge is 0.251 e. The molecule has 0 aliphatic carbocycles. The van der Waals surface area contributed by atoms with E-state index in [1.165, 1.54) is 0 Å². The van der Waals surface area contributed by atoms with Crippen LogP contribution in [0.25, 0.3) is 22.2 Å². The molecular weight excluding hydrogens is 524 g/mol. The van der Waals surface area contributed by atoms with Crippen LogP contribution in [0.5, 0.6) is 5.75 Å². The molecule has 3 aromatic carbocycles. The Morgan fingerprint density at radius 2 is 1.80 bits per heavy atom. The average molecular weight is 557 g/mol. The second-order valence-corrected chi connectivity index (χ2v) is 11.6. The number of hydrogen-bond donors (Lipinski definition) is 2. The van der Waals surface area contributed by atoms with Crippen molar-refractivity contribution in [2.75, 3.05) is 0 Å². The van der Waals surface area contributed by atoms with E-state index in [0.717, 1.165) is 65.6 Å². The summed E-state index contributed by atoms with van der Waals surface area (Å²) < 4.78 is 6.31. The van der Waals surface area contributed by atoms with Crippen molar-refractivity contribution in [2.24, 2.45) is 5.92 Å². The highest BCUT2D eigenvalue weighted by molar-refractivity contribution is 6.31. The monoisotopic (exact) mass is 556 g/mol. The Hall–Kier alpha value is -3.84. The van der Waals surface area contributed by atoms with Gasteiger partial charge >= 0.3 is 0 Å².